The topological polar surface area (TPSA) is 56.7 Å². The van der Waals surface area contributed by atoms with Gasteiger partial charge in [-0.25, -0.2) is 4.99 Å². The third-order valence-electron chi connectivity index (χ3n) is 4.16. The summed E-state index contributed by atoms with van der Waals surface area (Å²) < 4.78 is 37.6. The van der Waals surface area contributed by atoms with Gasteiger partial charge in [0.15, 0.2) is 5.96 Å². The molecule has 4 nitrogen and oxygen atoms in total. The summed E-state index contributed by atoms with van der Waals surface area (Å²) in [6, 6.07) is 4.99. The molecule has 0 amide bonds. The number of nitrogens with zero attached hydrogens (tertiary/aromatic N) is 1. The van der Waals surface area contributed by atoms with Crippen LogP contribution >= 0.6 is 0 Å². The molecule has 0 bridgehead atoms. The van der Waals surface area contributed by atoms with E-state index in [1.807, 2.05) is 6.92 Å². The molecule has 0 spiro atoms. The number of rotatable bonds is 5. The standard InChI is InChI=1S/C17H24F3N3O/c1-2-21-15(23-12-16(24)9-3-4-10-16)22-11-13-5-7-14(8-6-13)17(18,19)20/h5-8,24H,2-4,9-12H2,1H3,(H2,21,22,23). The summed E-state index contributed by atoms with van der Waals surface area (Å²) in [6.07, 6.45) is -0.722. The van der Waals surface area contributed by atoms with Gasteiger partial charge in [-0.15, -0.1) is 0 Å². The number of nitrogens with one attached hydrogen (secondary N) is 2. The van der Waals surface area contributed by atoms with Crippen LogP contribution in [0.5, 0.6) is 0 Å². The Morgan fingerprint density at radius 3 is 2.33 bits per heavy atom. The summed E-state index contributed by atoms with van der Waals surface area (Å²) in [5, 5.41) is 16.5. The van der Waals surface area contributed by atoms with Crippen molar-refractivity contribution in [1.29, 1.82) is 0 Å². The van der Waals surface area contributed by atoms with E-state index in [9.17, 15) is 18.3 Å². The zero-order valence-corrected chi connectivity index (χ0v) is 13.8. The molecule has 0 saturated heterocycles. The SMILES string of the molecule is CCNC(=NCc1ccc(C(F)(F)F)cc1)NCC1(O)CCCC1. The predicted molar refractivity (Wildman–Crippen MR) is 87.7 cm³/mol. The molecule has 0 atom stereocenters. The van der Waals surface area contributed by atoms with Crippen LogP contribution in [0.4, 0.5) is 13.2 Å². The summed E-state index contributed by atoms with van der Waals surface area (Å²) in [5.41, 5.74) is -0.659. The number of hydrogen-bond donors (Lipinski definition) is 3. The van der Waals surface area contributed by atoms with Crippen LogP contribution in [-0.4, -0.2) is 29.8 Å². The Morgan fingerprint density at radius 1 is 1.17 bits per heavy atom. The second-order valence-electron chi connectivity index (χ2n) is 6.17. The molecule has 0 radical (unpaired) electrons. The van der Waals surface area contributed by atoms with Crippen molar-refractivity contribution in [3.05, 3.63) is 35.4 Å². The van der Waals surface area contributed by atoms with Crippen molar-refractivity contribution in [1.82, 2.24) is 10.6 Å². The minimum absolute atomic E-state index is 0.270. The largest absolute Gasteiger partial charge is 0.416 e. The molecule has 7 heteroatoms. The highest BCUT2D eigenvalue weighted by Gasteiger charge is 2.31. The van der Waals surface area contributed by atoms with Crippen LogP contribution in [0.25, 0.3) is 0 Å². The molecule has 24 heavy (non-hydrogen) atoms. The Hall–Kier alpha value is -1.76. The fraction of sp³-hybridized carbons (Fsp3) is 0.588. The molecule has 1 fully saturated rings. The predicted octanol–water partition coefficient (Wildman–Crippen LogP) is 3.07. The van der Waals surface area contributed by atoms with Crippen molar-refractivity contribution >= 4 is 5.96 Å². The van der Waals surface area contributed by atoms with Crippen molar-refractivity contribution < 1.29 is 18.3 Å². The van der Waals surface area contributed by atoms with E-state index in [4.69, 9.17) is 0 Å². The van der Waals surface area contributed by atoms with Crippen LogP contribution in [0.3, 0.4) is 0 Å². The Bertz CT molecular complexity index is 549. The van der Waals surface area contributed by atoms with Crippen molar-refractivity contribution in [2.45, 2.75) is 50.9 Å². The first-order chi connectivity index (χ1) is 11.3. The first kappa shape index (κ1) is 18.6. The van der Waals surface area contributed by atoms with Gasteiger partial charge in [-0.3, -0.25) is 0 Å². The number of halogens is 3. The van der Waals surface area contributed by atoms with Gasteiger partial charge in [-0.05, 0) is 37.5 Å². The van der Waals surface area contributed by atoms with Gasteiger partial charge >= 0.3 is 6.18 Å². The minimum Gasteiger partial charge on any atom is -0.388 e. The van der Waals surface area contributed by atoms with Crippen LogP contribution in [0.2, 0.25) is 0 Å². The zero-order valence-electron chi connectivity index (χ0n) is 13.8. The van der Waals surface area contributed by atoms with E-state index < -0.39 is 17.3 Å². The molecule has 0 aliphatic heterocycles. The van der Waals surface area contributed by atoms with Gasteiger partial charge in [0.1, 0.15) is 0 Å². The first-order valence-corrected chi connectivity index (χ1v) is 8.23. The van der Waals surface area contributed by atoms with E-state index in [0.717, 1.165) is 37.8 Å². The first-order valence-electron chi connectivity index (χ1n) is 8.23. The average Bonchev–Trinajstić information content (AvgIpc) is 2.97. The maximum Gasteiger partial charge on any atom is 0.416 e. The van der Waals surface area contributed by atoms with Gasteiger partial charge in [0.25, 0.3) is 0 Å². The molecule has 2 rings (SSSR count). The molecule has 0 heterocycles. The summed E-state index contributed by atoms with van der Waals surface area (Å²) in [7, 11) is 0. The number of guanidine groups is 1. The van der Waals surface area contributed by atoms with E-state index in [1.165, 1.54) is 12.1 Å². The Balaban J connectivity index is 1.94. The van der Waals surface area contributed by atoms with Crippen LogP contribution in [0, 0.1) is 0 Å². The Labute approximate surface area is 140 Å². The highest BCUT2D eigenvalue weighted by molar-refractivity contribution is 5.79. The maximum absolute atomic E-state index is 12.5. The number of aliphatic imine (C=N–C) groups is 1. The highest BCUT2D eigenvalue weighted by Crippen LogP contribution is 2.29. The fourth-order valence-electron chi connectivity index (χ4n) is 2.77. The van der Waals surface area contributed by atoms with Gasteiger partial charge in [0.05, 0.1) is 17.7 Å². The quantitative estimate of drug-likeness (QED) is 0.569. The van der Waals surface area contributed by atoms with Gasteiger partial charge in [0, 0.05) is 13.1 Å². The van der Waals surface area contributed by atoms with E-state index >= 15 is 0 Å². The lowest BCUT2D eigenvalue weighted by Gasteiger charge is -2.23. The molecule has 1 aliphatic rings. The second kappa shape index (κ2) is 7.88. The lowest BCUT2D eigenvalue weighted by atomic mass is 10.0. The fourth-order valence-corrected chi connectivity index (χ4v) is 2.77. The van der Waals surface area contributed by atoms with Crippen LogP contribution < -0.4 is 10.6 Å². The molecule has 1 aromatic carbocycles. The van der Waals surface area contributed by atoms with E-state index in [-0.39, 0.29) is 6.54 Å². The molecular formula is C17H24F3N3O. The summed E-state index contributed by atoms with van der Waals surface area (Å²) >= 11 is 0. The maximum atomic E-state index is 12.5. The van der Waals surface area contributed by atoms with E-state index in [1.54, 1.807) is 0 Å². The number of aliphatic hydroxyl groups is 1. The smallest absolute Gasteiger partial charge is 0.388 e. The molecule has 0 aromatic heterocycles. The monoisotopic (exact) mass is 343 g/mol. The molecule has 1 aliphatic carbocycles. The number of benzene rings is 1. The second-order valence-corrected chi connectivity index (χ2v) is 6.17. The number of alkyl halides is 3. The third kappa shape index (κ3) is 5.40. The minimum atomic E-state index is -4.32. The van der Waals surface area contributed by atoms with Gasteiger partial charge < -0.3 is 15.7 Å². The lowest BCUT2D eigenvalue weighted by molar-refractivity contribution is -0.137. The molecule has 1 aromatic rings. The summed E-state index contributed by atoms with van der Waals surface area (Å²) in [4.78, 5) is 4.37. The van der Waals surface area contributed by atoms with Crippen molar-refractivity contribution in [3.8, 4) is 0 Å². The molecule has 0 unspecified atom stereocenters. The van der Waals surface area contributed by atoms with Crippen molar-refractivity contribution in [3.63, 3.8) is 0 Å². The highest BCUT2D eigenvalue weighted by atomic mass is 19.4. The van der Waals surface area contributed by atoms with Crippen molar-refractivity contribution in [2.24, 2.45) is 4.99 Å². The normalized spacial score (nSPS) is 17.8. The van der Waals surface area contributed by atoms with E-state index in [2.05, 4.69) is 15.6 Å². The molecule has 1 saturated carbocycles. The lowest BCUT2D eigenvalue weighted by Crippen LogP contribution is -2.46. The van der Waals surface area contributed by atoms with Crippen molar-refractivity contribution in [2.75, 3.05) is 13.1 Å². The van der Waals surface area contributed by atoms with E-state index in [0.29, 0.717) is 24.6 Å². The van der Waals surface area contributed by atoms with Gasteiger partial charge in [-0.1, -0.05) is 25.0 Å². The summed E-state index contributed by atoms with van der Waals surface area (Å²) in [6.45, 7) is 3.29. The molecule has 3 N–H and O–H groups in total. The third-order valence-corrected chi connectivity index (χ3v) is 4.16. The average molecular weight is 343 g/mol. The molecule has 134 valence electrons. The van der Waals surface area contributed by atoms with Crippen LogP contribution in [0.1, 0.15) is 43.7 Å². The zero-order chi connectivity index (χ0) is 17.6. The molecular weight excluding hydrogens is 319 g/mol. The Kier molecular flexibility index (Phi) is 6.10. The van der Waals surface area contributed by atoms with Gasteiger partial charge in [-0.2, -0.15) is 13.2 Å². The van der Waals surface area contributed by atoms with Gasteiger partial charge in [0.2, 0.25) is 0 Å². The van der Waals surface area contributed by atoms with Crippen LogP contribution in [0.15, 0.2) is 29.3 Å². The van der Waals surface area contributed by atoms with Crippen LogP contribution in [-0.2, 0) is 12.7 Å². The summed E-state index contributed by atoms with van der Waals surface area (Å²) in [5.74, 6) is 0.553. The number of hydrogen-bond acceptors (Lipinski definition) is 2. The Morgan fingerprint density at radius 2 is 1.79 bits per heavy atom.